The van der Waals surface area contributed by atoms with E-state index in [2.05, 4.69) is 10.3 Å². The van der Waals surface area contributed by atoms with Crippen molar-refractivity contribution in [1.29, 1.82) is 0 Å². The van der Waals surface area contributed by atoms with E-state index in [0.717, 1.165) is 0 Å². The van der Waals surface area contributed by atoms with Gasteiger partial charge in [0, 0.05) is 36.8 Å². The summed E-state index contributed by atoms with van der Waals surface area (Å²) >= 11 is 0. The molecule has 0 atom stereocenters. The van der Waals surface area contributed by atoms with Crippen molar-refractivity contribution in [2.24, 2.45) is 7.05 Å². The van der Waals surface area contributed by atoms with Gasteiger partial charge < -0.3 is 9.88 Å². The summed E-state index contributed by atoms with van der Waals surface area (Å²) in [6.45, 7) is 1.87. The number of rotatable bonds is 5. The second-order valence-corrected chi connectivity index (χ2v) is 4.64. The third-order valence-electron chi connectivity index (χ3n) is 2.99. The van der Waals surface area contributed by atoms with Gasteiger partial charge in [-0.25, -0.2) is 4.98 Å². The Labute approximate surface area is 129 Å². The first-order chi connectivity index (χ1) is 10.6. The molecule has 0 unspecified atom stereocenters. The molecular weight excluding hydrogens is 278 g/mol. The minimum absolute atomic E-state index is 0.154. The smallest absolute Gasteiger partial charge is 0.248 e. The number of hydrogen-bond donors (Lipinski definition) is 1. The maximum absolute atomic E-state index is 12.2. The molecule has 22 heavy (non-hydrogen) atoms. The highest BCUT2D eigenvalue weighted by Gasteiger charge is 2.13. The highest BCUT2D eigenvalue weighted by molar-refractivity contribution is 6.07. The molecule has 1 N–H and O–H groups in total. The van der Waals surface area contributed by atoms with Gasteiger partial charge in [0.25, 0.3) is 0 Å². The summed E-state index contributed by atoms with van der Waals surface area (Å²) in [5.41, 5.74) is 1.16. The summed E-state index contributed by atoms with van der Waals surface area (Å²) in [5.74, 6) is 0.00528. The first-order valence-electron chi connectivity index (χ1n) is 6.84. The fourth-order valence-corrected chi connectivity index (χ4v) is 1.86. The van der Waals surface area contributed by atoms with Gasteiger partial charge in [-0.05, 0) is 31.2 Å². The van der Waals surface area contributed by atoms with Crippen LogP contribution in [0.5, 0.6) is 0 Å². The Morgan fingerprint density at radius 1 is 1.18 bits per heavy atom. The van der Waals surface area contributed by atoms with Crippen LogP contribution in [0.4, 0.5) is 5.69 Å². The predicted molar refractivity (Wildman–Crippen MR) is 85.7 cm³/mol. The molecule has 1 aromatic carbocycles. The van der Waals surface area contributed by atoms with Crippen molar-refractivity contribution in [2.45, 2.75) is 6.92 Å². The standard InChI is InChI=1S/C17H17N3O2/c1-3-4-5-6-15(21)19-14-9-7-13(8-10-14)16(22)17-18-11-12-20(17)2/h3-12H,1-2H3,(H,19,21)/b4-3+,6-5+. The van der Waals surface area contributed by atoms with Crippen LogP contribution < -0.4 is 5.32 Å². The quantitative estimate of drug-likeness (QED) is 0.524. The number of allylic oxidation sites excluding steroid dienone is 3. The zero-order valence-corrected chi connectivity index (χ0v) is 12.5. The molecule has 0 saturated heterocycles. The molecule has 112 valence electrons. The molecule has 1 aromatic heterocycles. The Hall–Kier alpha value is -2.95. The SMILES string of the molecule is C/C=C/C=C/C(=O)Nc1ccc(C(=O)c2nccn2C)cc1. The van der Waals surface area contributed by atoms with Crippen LogP contribution in [-0.2, 0) is 11.8 Å². The molecule has 2 aromatic rings. The lowest BCUT2D eigenvalue weighted by Crippen LogP contribution is -2.10. The lowest BCUT2D eigenvalue weighted by atomic mass is 10.1. The van der Waals surface area contributed by atoms with E-state index in [1.807, 2.05) is 13.0 Å². The number of amides is 1. The summed E-state index contributed by atoms with van der Waals surface area (Å²) in [5, 5.41) is 2.72. The molecule has 0 bridgehead atoms. The number of nitrogens with one attached hydrogen (secondary N) is 1. The number of imidazole rings is 1. The number of anilines is 1. The number of hydrogen-bond acceptors (Lipinski definition) is 3. The highest BCUT2D eigenvalue weighted by atomic mass is 16.1. The zero-order chi connectivity index (χ0) is 15.9. The molecule has 2 rings (SSSR count). The van der Waals surface area contributed by atoms with Gasteiger partial charge in [-0.15, -0.1) is 0 Å². The number of nitrogens with zero attached hydrogens (tertiary/aromatic N) is 2. The summed E-state index contributed by atoms with van der Waals surface area (Å²) in [6.07, 6.45) is 10.0. The van der Waals surface area contributed by atoms with Crippen LogP contribution in [0.3, 0.4) is 0 Å². The van der Waals surface area contributed by atoms with E-state index in [-0.39, 0.29) is 11.7 Å². The molecule has 5 nitrogen and oxygen atoms in total. The van der Waals surface area contributed by atoms with E-state index >= 15 is 0 Å². The minimum atomic E-state index is -0.221. The zero-order valence-electron chi connectivity index (χ0n) is 12.5. The number of benzene rings is 1. The van der Waals surface area contributed by atoms with E-state index in [1.54, 1.807) is 60.4 Å². The van der Waals surface area contributed by atoms with Crippen molar-refractivity contribution in [3.63, 3.8) is 0 Å². The van der Waals surface area contributed by atoms with Gasteiger partial charge in [-0.3, -0.25) is 9.59 Å². The van der Waals surface area contributed by atoms with E-state index in [0.29, 0.717) is 17.1 Å². The van der Waals surface area contributed by atoms with Crippen molar-refractivity contribution in [1.82, 2.24) is 9.55 Å². The van der Waals surface area contributed by atoms with Gasteiger partial charge in [-0.2, -0.15) is 0 Å². The van der Waals surface area contributed by atoms with Gasteiger partial charge in [0.2, 0.25) is 11.7 Å². The summed E-state index contributed by atoms with van der Waals surface area (Å²) in [6, 6.07) is 6.72. The predicted octanol–water partition coefficient (Wildman–Crippen LogP) is 2.72. The lowest BCUT2D eigenvalue weighted by Gasteiger charge is -2.04. The average Bonchev–Trinajstić information content (AvgIpc) is 2.94. The van der Waals surface area contributed by atoms with Crippen LogP contribution in [0.15, 0.2) is 61.0 Å². The molecule has 0 aliphatic rings. The van der Waals surface area contributed by atoms with Crippen molar-refractivity contribution >= 4 is 17.4 Å². The van der Waals surface area contributed by atoms with E-state index < -0.39 is 0 Å². The second-order valence-electron chi connectivity index (χ2n) is 4.64. The first-order valence-corrected chi connectivity index (χ1v) is 6.84. The van der Waals surface area contributed by atoms with Crippen molar-refractivity contribution in [3.05, 3.63) is 72.4 Å². The third kappa shape index (κ3) is 3.79. The Balaban J connectivity index is 2.06. The van der Waals surface area contributed by atoms with Crippen LogP contribution >= 0.6 is 0 Å². The van der Waals surface area contributed by atoms with Gasteiger partial charge in [0.05, 0.1) is 0 Å². The molecule has 0 aliphatic carbocycles. The number of aromatic nitrogens is 2. The fraction of sp³-hybridized carbons (Fsp3) is 0.118. The van der Waals surface area contributed by atoms with Crippen LogP contribution in [-0.4, -0.2) is 21.2 Å². The maximum atomic E-state index is 12.2. The summed E-state index contributed by atoms with van der Waals surface area (Å²) < 4.78 is 1.67. The van der Waals surface area contributed by atoms with Crippen LogP contribution in [0.25, 0.3) is 0 Å². The Kier molecular flexibility index (Phi) is 5.03. The lowest BCUT2D eigenvalue weighted by molar-refractivity contribution is -0.111. The normalized spacial score (nSPS) is 11.2. The van der Waals surface area contributed by atoms with Gasteiger partial charge >= 0.3 is 0 Å². The Bertz CT molecular complexity index is 725. The molecule has 0 fully saturated rings. The molecule has 1 heterocycles. The number of aryl methyl sites for hydroxylation is 1. The number of carbonyl (C=O) groups excluding carboxylic acids is 2. The highest BCUT2D eigenvalue weighted by Crippen LogP contribution is 2.13. The Morgan fingerprint density at radius 3 is 2.50 bits per heavy atom. The monoisotopic (exact) mass is 295 g/mol. The molecule has 0 spiro atoms. The van der Waals surface area contributed by atoms with Crippen molar-refractivity contribution in [3.8, 4) is 0 Å². The molecular formula is C17H17N3O2. The fourth-order valence-electron chi connectivity index (χ4n) is 1.86. The summed E-state index contributed by atoms with van der Waals surface area (Å²) in [7, 11) is 1.77. The molecule has 0 radical (unpaired) electrons. The maximum Gasteiger partial charge on any atom is 0.248 e. The number of carbonyl (C=O) groups is 2. The van der Waals surface area contributed by atoms with Gasteiger partial charge in [0.15, 0.2) is 5.82 Å². The van der Waals surface area contributed by atoms with Crippen molar-refractivity contribution < 1.29 is 9.59 Å². The Morgan fingerprint density at radius 2 is 1.91 bits per heavy atom. The summed E-state index contributed by atoms with van der Waals surface area (Å²) in [4.78, 5) is 27.9. The molecule has 0 aliphatic heterocycles. The molecule has 5 heteroatoms. The topological polar surface area (TPSA) is 64.0 Å². The first kappa shape index (κ1) is 15.4. The van der Waals surface area contributed by atoms with Gasteiger partial charge in [-0.1, -0.05) is 18.2 Å². The largest absolute Gasteiger partial charge is 0.331 e. The molecule has 0 saturated carbocycles. The van der Waals surface area contributed by atoms with Crippen LogP contribution in [0.1, 0.15) is 23.1 Å². The average molecular weight is 295 g/mol. The van der Waals surface area contributed by atoms with Crippen LogP contribution in [0.2, 0.25) is 0 Å². The molecule has 1 amide bonds. The van der Waals surface area contributed by atoms with Crippen molar-refractivity contribution in [2.75, 3.05) is 5.32 Å². The second kappa shape index (κ2) is 7.17. The van der Waals surface area contributed by atoms with E-state index in [9.17, 15) is 9.59 Å². The minimum Gasteiger partial charge on any atom is -0.331 e. The van der Waals surface area contributed by atoms with E-state index in [1.165, 1.54) is 6.08 Å². The third-order valence-corrected chi connectivity index (χ3v) is 2.99. The van der Waals surface area contributed by atoms with Crippen LogP contribution in [0, 0.1) is 0 Å². The number of ketones is 1. The van der Waals surface area contributed by atoms with Gasteiger partial charge in [0.1, 0.15) is 0 Å². The van der Waals surface area contributed by atoms with E-state index in [4.69, 9.17) is 0 Å².